The lowest BCUT2D eigenvalue weighted by molar-refractivity contribution is 0.0762. The SMILES string of the molecule is COc1ccc(Nc2c(C(=O)N3CCCCCC3)cnc3nc(C)ccc23)c(OC)c1. The van der Waals surface area contributed by atoms with Crippen molar-refractivity contribution in [2.45, 2.75) is 32.6 Å². The number of aryl methyl sites for hydroxylation is 1. The number of pyridine rings is 2. The predicted octanol–water partition coefficient (Wildman–Crippen LogP) is 4.72. The predicted molar refractivity (Wildman–Crippen MR) is 121 cm³/mol. The molecule has 1 N–H and O–H groups in total. The van der Waals surface area contributed by atoms with E-state index in [0.717, 1.165) is 55.5 Å². The van der Waals surface area contributed by atoms with Crippen molar-refractivity contribution < 1.29 is 14.3 Å². The van der Waals surface area contributed by atoms with Gasteiger partial charge in [-0.25, -0.2) is 9.97 Å². The van der Waals surface area contributed by atoms with E-state index >= 15 is 0 Å². The zero-order chi connectivity index (χ0) is 21.8. The highest BCUT2D eigenvalue weighted by Crippen LogP contribution is 2.35. The standard InChI is InChI=1S/C24H28N4O3/c1-16-8-10-18-22(27-20-11-9-17(30-2)14-21(20)31-3)19(15-25-23(18)26-16)24(29)28-12-6-4-5-7-13-28/h8-11,14-15H,4-7,12-13H2,1-3H3,(H,25,26,27). The highest BCUT2D eigenvalue weighted by atomic mass is 16.5. The van der Waals surface area contributed by atoms with Crippen LogP contribution in [-0.2, 0) is 0 Å². The lowest BCUT2D eigenvalue weighted by Gasteiger charge is -2.23. The van der Waals surface area contributed by atoms with Crippen molar-refractivity contribution in [3.05, 3.63) is 47.8 Å². The number of anilines is 2. The molecule has 31 heavy (non-hydrogen) atoms. The number of hydrogen-bond donors (Lipinski definition) is 1. The van der Waals surface area contributed by atoms with Crippen LogP contribution in [0, 0.1) is 6.92 Å². The summed E-state index contributed by atoms with van der Waals surface area (Å²) in [6.45, 7) is 3.47. The first-order chi connectivity index (χ1) is 15.1. The number of carbonyl (C=O) groups excluding carboxylic acids is 1. The Balaban J connectivity index is 1.81. The van der Waals surface area contributed by atoms with Gasteiger partial charge in [-0.1, -0.05) is 12.8 Å². The third-order valence-electron chi connectivity index (χ3n) is 5.66. The van der Waals surface area contributed by atoms with Gasteiger partial charge in [-0.3, -0.25) is 4.79 Å². The molecular formula is C24H28N4O3. The smallest absolute Gasteiger partial charge is 0.257 e. The molecule has 0 unspecified atom stereocenters. The second-order valence-corrected chi connectivity index (χ2v) is 7.77. The third kappa shape index (κ3) is 4.40. The molecule has 0 bridgehead atoms. The van der Waals surface area contributed by atoms with Gasteiger partial charge in [-0.05, 0) is 44.0 Å². The maximum Gasteiger partial charge on any atom is 0.257 e. The molecular weight excluding hydrogens is 392 g/mol. The summed E-state index contributed by atoms with van der Waals surface area (Å²) in [4.78, 5) is 24.5. The number of amides is 1. The summed E-state index contributed by atoms with van der Waals surface area (Å²) in [7, 11) is 3.23. The van der Waals surface area contributed by atoms with E-state index in [2.05, 4.69) is 15.3 Å². The molecule has 0 atom stereocenters. The fourth-order valence-electron chi connectivity index (χ4n) is 3.95. The number of methoxy groups -OCH3 is 2. The van der Waals surface area contributed by atoms with Gasteiger partial charge in [0.15, 0.2) is 5.65 Å². The maximum absolute atomic E-state index is 13.5. The van der Waals surface area contributed by atoms with Crippen LogP contribution >= 0.6 is 0 Å². The van der Waals surface area contributed by atoms with E-state index in [4.69, 9.17) is 9.47 Å². The van der Waals surface area contributed by atoms with Crippen LogP contribution in [0.2, 0.25) is 0 Å². The van der Waals surface area contributed by atoms with Gasteiger partial charge in [0.25, 0.3) is 5.91 Å². The summed E-state index contributed by atoms with van der Waals surface area (Å²) in [6.07, 6.45) is 6.03. The monoisotopic (exact) mass is 420 g/mol. The number of nitrogens with one attached hydrogen (secondary N) is 1. The third-order valence-corrected chi connectivity index (χ3v) is 5.66. The molecule has 0 radical (unpaired) electrons. The van der Waals surface area contributed by atoms with E-state index in [1.54, 1.807) is 20.4 Å². The molecule has 1 saturated heterocycles. The summed E-state index contributed by atoms with van der Waals surface area (Å²) in [5.74, 6) is 1.31. The summed E-state index contributed by atoms with van der Waals surface area (Å²) in [5, 5.41) is 4.23. The molecule has 3 aromatic rings. The zero-order valence-electron chi connectivity index (χ0n) is 18.3. The Labute approximate surface area is 182 Å². The number of benzene rings is 1. The Kier molecular flexibility index (Phi) is 6.21. The minimum absolute atomic E-state index is 0.00754. The minimum atomic E-state index is -0.00754. The average Bonchev–Trinajstić information content (AvgIpc) is 3.08. The molecule has 7 heteroatoms. The van der Waals surface area contributed by atoms with E-state index in [0.29, 0.717) is 28.4 Å². The van der Waals surface area contributed by atoms with Crippen LogP contribution < -0.4 is 14.8 Å². The van der Waals surface area contributed by atoms with Gasteiger partial charge in [0, 0.05) is 36.4 Å². The van der Waals surface area contributed by atoms with E-state index in [9.17, 15) is 4.79 Å². The average molecular weight is 421 g/mol. The van der Waals surface area contributed by atoms with Crippen LogP contribution in [0.1, 0.15) is 41.7 Å². The first-order valence-electron chi connectivity index (χ1n) is 10.7. The quantitative estimate of drug-likeness (QED) is 0.644. The van der Waals surface area contributed by atoms with Crippen molar-refractivity contribution in [3.8, 4) is 11.5 Å². The van der Waals surface area contributed by atoms with Gasteiger partial charge in [0.2, 0.25) is 0 Å². The highest BCUT2D eigenvalue weighted by molar-refractivity contribution is 6.07. The van der Waals surface area contributed by atoms with Gasteiger partial charge in [0.1, 0.15) is 11.5 Å². The number of hydrogen-bond acceptors (Lipinski definition) is 6. The Morgan fingerprint density at radius 1 is 1.03 bits per heavy atom. The summed E-state index contributed by atoms with van der Waals surface area (Å²) in [6, 6.07) is 9.44. The maximum atomic E-state index is 13.5. The second kappa shape index (κ2) is 9.20. The van der Waals surface area contributed by atoms with Gasteiger partial charge >= 0.3 is 0 Å². The van der Waals surface area contributed by atoms with Crippen molar-refractivity contribution in [1.29, 1.82) is 0 Å². The van der Waals surface area contributed by atoms with Crippen molar-refractivity contribution in [3.63, 3.8) is 0 Å². The molecule has 1 aromatic carbocycles. The van der Waals surface area contributed by atoms with Gasteiger partial charge in [0.05, 0.1) is 31.2 Å². The lowest BCUT2D eigenvalue weighted by Crippen LogP contribution is -2.32. The molecule has 162 valence electrons. The number of rotatable bonds is 5. The number of likely N-dealkylation sites (tertiary alicyclic amines) is 1. The van der Waals surface area contributed by atoms with Crippen molar-refractivity contribution in [2.75, 3.05) is 32.6 Å². The van der Waals surface area contributed by atoms with E-state index in [1.165, 1.54) is 0 Å². The number of fused-ring (bicyclic) bond motifs is 1. The Hall–Kier alpha value is -3.35. The number of ether oxygens (including phenoxy) is 2. The molecule has 1 aliphatic heterocycles. The van der Waals surface area contributed by atoms with Crippen molar-refractivity contribution in [2.24, 2.45) is 0 Å². The Bertz CT molecular complexity index is 1090. The first-order valence-corrected chi connectivity index (χ1v) is 10.7. The van der Waals surface area contributed by atoms with Crippen LogP contribution in [0.5, 0.6) is 11.5 Å². The molecule has 3 heterocycles. The Morgan fingerprint density at radius 3 is 2.52 bits per heavy atom. The summed E-state index contributed by atoms with van der Waals surface area (Å²) >= 11 is 0. The zero-order valence-corrected chi connectivity index (χ0v) is 18.3. The normalized spacial score (nSPS) is 14.2. The van der Waals surface area contributed by atoms with Gasteiger partial charge in [-0.15, -0.1) is 0 Å². The first kappa shape index (κ1) is 20.9. The van der Waals surface area contributed by atoms with Crippen LogP contribution in [0.15, 0.2) is 36.5 Å². The molecule has 1 fully saturated rings. The number of nitrogens with zero attached hydrogens (tertiary/aromatic N) is 3. The molecule has 2 aromatic heterocycles. The van der Waals surface area contributed by atoms with E-state index in [-0.39, 0.29) is 5.91 Å². The second-order valence-electron chi connectivity index (χ2n) is 7.77. The molecule has 1 amide bonds. The molecule has 4 rings (SSSR count). The molecule has 1 aliphatic rings. The topological polar surface area (TPSA) is 76.6 Å². The van der Waals surface area contributed by atoms with Crippen LogP contribution in [0.3, 0.4) is 0 Å². The lowest BCUT2D eigenvalue weighted by atomic mass is 10.1. The van der Waals surface area contributed by atoms with Crippen LogP contribution in [0.4, 0.5) is 11.4 Å². The highest BCUT2D eigenvalue weighted by Gasteiger charge is 2.23. The molecule has 0 saturated carbocycles. The van der Waals surface area contributed by atoms with Crippen LogP contribution in [-0.4, -0.2) is 48.1 Å². The summed E-state index contributed by atoms with van der Waals surface area (Å²) in [5.41, 5.74) is 3.44. The van der Waals surface area contributed by atoms with Crippen molar-refractivity contribution >= 4 is 28.3 Å². The van der Waals surface area contributed by atoms with E-state index < -0.39 is 0 Å². The molecule has 7 nitrogen and oxygen atoms in total. The number of aromatic nitrogens is 2. The number of carbonyl (C=O) groups is 1. The molecule has 0 aliphatic carbocycles. The fraction of sp³-hybridized carbons (Fsp3) is 0.375. The molecule has 0 spiro atoms. The van der Waals surface area contributed by atoms with Gasteiger partial charge in [-0.2, -0.15) is 0 Å². The van der Waals surface area contributed by atoms with E-state index in [1.807, 2.05) is 42.2 Å². The van der Waals surface area contributed by atoms with Crippen molar-refractivity contribution in [1.82, 2.24) is 14.9 Å². The largest absolute Gasteiger partial charge is 0.497 e. The van der Waals surface area contributed by atoms with Crippen LogP contribution in [0.25, 0.3) is 11.0 Å². The fourth-order valence-corrected chi connectivity index (χ4v) is 3.95. The van der Waals surface area contributed by atoms with Gasteiger partial charge < -0.3 is 19.7 Å². The minimum Gasteiger partial charge on any atom is -0.497 e. The Morgan fingerprint density at radius 2 is 1.81 bits per heavy atom. The summed E-state index contributed by atoms with van der Waals surface area (Å²) < 4.78 is 10.9.